The van der Waals surface area contributed by atoms with E-state index in [1.807, 2.05) is 65.6 Å². The number of carbonyl (C=O) groups is 1. The molecule has 1 amide bonds. The molecule has 3 aromatic rings. The van der Waals surface area contributed by atoms with Crippen molar-refractivity contribution in [3.8, 4) is 11.5 Å². The van der Waals surface area contributed by atoms with Crippen LogP contribution in [0.25, 0.3) is 0 Å². The van der Waals surface area contributed by atoms with E-state index in [4.69, 9.17) is 4.74 Å². The molecule has 1 aromatic heterocycles. The summed E-state index contributed by atoms with van der Waals surface area (Å²) >= 11 is 0. The first-order chi connectivity index (χ1) is 14.2. The van der Waals surface area contributed by atoms with Gasteiger partial charge in [0.2, 0.25) is 11.9 Å². The van der Waals surface area contributed by atoms with Crippen molar-refractivity contribution in [3.05, 3.63) is 66.9 Å². The smallest absolute Gasteiger partial charge is 0.227 e. The van der Waals surface area contributed by atoms with E-state index in [2.05, 4.69) is 20.2 Å². The van der Waals surface area contributed by atoms with Crippen molar-refractivity contribution in [2.75, 3.05) is 36.4 Å². The summed E-state index contributed by atoms with van der Waals surface area (Å²) in [6.45, 7) is 4.45. The molecule has 29 heavy (non-hydrogen) atoms. The van der Waals surface area contributed by atoms with Crippen molar-refractivity contribution < 1.29 is 9.53 Å². The number of amides is 1. The van der Waals surface area contributed by atoms with Gasteiger partial charge in [-0.3, -0.25) is 4.79 Å². The van der Waals surface area contributed by atoms with Crippen LogP contribution >= 0.6 is 0 Å². The molecule has 0 unspecified atom stereocenters. The maximum Gasteiger partial charge on any atom is 0.227 e. The molecule has 1 N–H and O–H groups in total. The molecule has 148 valence electrons. The molecule has 2 heterocycles. The summed E-state index contributed by atoms with van der Waals surface area (Å²) < 4.78 is 5.82. The molecule has 0 aliphatic carbocycles. The van der Waals surface area contributed by atoms with Crippen molar-refractivity contribution in [1.29, 1.82) is 0 Å². The van der Waals surface area contributed by atoms with E-state index in [1.165, 1.54) is 0 Å². The minimum Gasteiger partial charge on any atom is -0.457 e. The molecule has 0 saturated carbocycles. The number of nitrogens with zero attached hydrogens (tertiary/aromatic N) is 4. The number of carbonyl (C=O) groups excluding carboxylic acids is 1. The topological polar surface area (TPSA) is 70.6 Å². The molecule has 1 saturated heterocycles. The van der Waals surface area contributed by atoms with Gasteiger partial charge in [0.25, 0.3) is 0 Å². The van der Waals surface area contributed by atoms with Crippen molar-refractivity contribution >= 4 is 23.4 Å². The predicted octanol–water partition coefficient (Wildman–Crippen LogP) is 3.68. The second kappa shape index (κ2) is 8.60. The predicted molar refractivity (Wildman–Crippen MR) is 113 cm³/mol. The van der Waals surface area contributed by atoms with Crippen LogP contribution in [0.1, 0.15) is 6.92 Å². The van der Waals surface area contributed by atoms with Gasteiger partial charge in [0.15, 0.2) is 0 Å². The summed E-state index contributed by atoms with van der Waals surface area (Å²) in [6.07, 6.45) is 1.74. The van der Waals surface area contributed by atoms with Crippen LogP contribution in [0, 0.1) is 0 Å². The minimum atomic E-state index is 0.112. The van der Waals surface area contributed by atoms with E-state index >= 15 is 0 Å². The molecule has 0 spiro atoms. The second-order valence-corrected chi connectivity index (χ2v) is 6.80. The Morgan fingerprint density at radius 3 is 2.31 bits per heavy atom. The first-order valence-corrected chi connectivity index (χ1v) is 9.61. The highest BCUT2D eigenvalue weighted by Gasteiger charge is 2.20. The molecular formula is C22H23N5O2. The van der Waals surface area contributed by atoms with Crippen molar-refractivity contribution in [1.82, 2.24) is 14.9 Å². The Bertz CT molecular complexity index is 954. The fraction of sp³-hybridized carbons (Fsp3) is 0.227. The highest BCUT2D eigenvalue weighted by Crippen LogP contribution is 2.24. The van der Waals surface area contributed by atoms with Crippen LogP contribution in [0.5, 0.6) is 11.5 Å². The van der Waals surface area contributed by atoms with Crippen LogP contribution in [0.2, 0.25) is 0 Å². The van der Waals surface area contributed by atoms with Crippen LogP contribution in [0.3, 0.4) is 0 Å². The van der Waals surface area contributed by atoms with Gasteiger partial charge in [-0.2, -0.15) is 4.98 Å². The van der Waals surface area contributed by atoms with Gasteiger partial charge in [0.05, 0.1) is 0 Å². The zero-order chi connectivity index (χ0) is 20.1. The molecule has 1 aliphatic rings. The number of ether oxygens (including phenoxy) is 1. The van der Waals surface area contributed by atoms with Crippen molar-refractivity contribution in [2.24, 2.45) is 0 Å². The lowest BCUT2D eigenvalue weighted by Crippen LogP contribution is -2.48. The normalized spacial score (nSPS) is 13.8. The lowest BCUT2D eigenvalue weighted by atomic mass is 10.3. The number of benzene rings is 2. The van der Waals surface area contributed by atoms with Crippen LogP contribution in [-0.2, 0) is 4.79 Å². The number of para-hydroxylation sites is 1. The third-order valence-corrected chi connectivity index (χ3v) is 4.76. The Labute approximate surface area is 170 Å². The highest BCUT2D eigenvalue weighted by molar-refractivity contribution is 5.73. The van der Waals surface area contributed by atoms with E-state index in [9.17, 15) is 4.79 Å². The number of nitrogens with one attached hydrogen (secondary N) is 1. The zero-order valence-corrected chi connectivity index (χ0v) is 16.3. The Morgan fingerprint density at radius 1 is 0.931 bits per heavy atom. The fourth-order valence-corrected chi connectivity index (χ4v) is 3.17. The van der Waals surface area contributed by atoms with Gasteiger partial charge in [0, 0.05) is 45.0 Å². The fourth-order valence-electron chi connectivity index (χ4n) is 3.17. The van der Waals surface area contributed by atoms with E-state index in [-0.39, 0.29) is 5.91 Å². The molecule has 1 fully saturated rings. The molecule has 0 atom stereocenters. The molecule has 7 nitrogen and oxygen atoms in total. The SMILES string of the molecule is CC(=O)N1CCN(c2nccc(Nc3ccc(Oc4ccccc4)cc3)n2)CC1. The summed E-state index contributed by atoms with van der Waals surface area (Å²) in [5.41, 5.74) is 0.913. The number of hydrogen-bond donors (Lipinski definition) is 1. The third-order valence-electron chi connectivity index (χ3n) is 4.76. The molecule has 1 aliphatic heterocycles. The summed E-state index contributed by atoms with van der Waals surface area (Å²) in [6, 6.07) is 19.3. The van der Waals surface area contributed by atoms with Gasteiger partial charge >= 0.3 is 0 Å². The maximum absolute atomic E-state index is 11.5. The summed E-state index contributed by atoms with van der Waals surface area (Å²) in [5, 5.41) is 3.30. The van der Waals surface area contributed by atoms with Crippen LogP contribution in [-0.4, -0.2) is 47.0 Å². The lowest BCUT2D eigenvalue weighted by molar-refractivity contribution is -0.129. The highest BCUT2D eigenvalue weighted by atomic mass is 16.5. The van der Waals surface area contributed by atoms with Gasteiger partial charge in [-0.15, -0.1) is 0 Å². The third kappa shape index (κ3) is 4.82. The lowest BCUT2D eigenvalue weighted by Gasteiger charge is -2.34. The first-order valence-electron chi connectivity index (χ1n) is 9.61. The standard InChI is InChI=1S/C22H23N5O2/c1-17(28)26-13-15-27(16-14-26)22-23-12-11-21(25-22)24-18-7-9-20(10-8-18)29-19-5-3-2-4-6-19/h2-12H,13-16H2,1H3,(H,23,24,25). The number of aromatic nitrogens is 2. The quantitative estimate of drug-likeness (QED) is 0.718. The molecule has 4 rings (SSSR count). The van der Waals surface area contributed by atoms with Crippen molar-refractivity contribution in [3.63, 3.8) is 0 Å². The summed E-state index contributed by atoms with van der Waals surface area (Å²) in [5.74, 6) is 3.08. The first kappa shape index (κ1) is 18.7. The van der Waals surface area contributed by atoms with Gasteiger partial charge < -0.3 is 19.9 Å². The number of anilines is 3. The van der Waals surface area contributed by atoms with Gasteiger partial charge in [0.1, 0.15) is 17.3 Å². The largest absolute Gasteiger partial charge is 0.457 e. The Balaban J connectivity index is 1.38. The Kier molecular flexibility index (Phi) is 5.56. The van der Waals surface area contributed by atoms with Gasteiger partial charge in [-0.05, 0) is 42.5 Å². The van der Waals surface area contributed by atoms with Crippen molar-refractivity contribution in [2.45, 2.75) is 6.92 Å². The summed E-state index contributed by atoms with van der Waals surface area (Å²) in [7, 11) is 0. The van der Waals surface area contributed by atoms with E-state index in [0.29, 0.717) is 19.0 Å². The van der Waals surface area contributed by atoms with Gasteiger partial charge in [-0.1, -0.05) is 18.2 Å². The van der Waals surface area contributed by atoms with E-state index in [1.54, 1.807) is 13.1 Å². The van der Waals surface area contributed by atoms with Gasteiger partial charge in [-0.25, -0.2) is 4.98 Å². The minimum absolute atomic E-state index is 0.112. The Hall–Kier alpha value is -3.61. The van der Waals surface area contributed by atoms with Crippen LogP contribution in [0.4, 0.5) is 17.5 Å². The van der Waals surface area contributed by atoms with Crippen LogP contribution < -0.4 is 15.0 Å². The van der Waals surface area contributed by atoms with E-state index < -0.39 is 0 Å². The molecule has 0 radical (unpaired) electrons. The molecular weight excluding hydrogens is 366 g/mol. The monoisotopic (exact) mass is 389 g/mol. The summed E-state index contributed by atoms with van der Waals surface area (Å²) in [4.78, 5) is 24.4. The number of hydrogen-bond acceptors (Lipinski definition) is 6. The zero-order valence-electron chi connectivity index (χ0n) is 16.3. The maximum atomic E-state index is 11.5. The molecule has 0 bridgehead atoms. The van der Waals surface area contributed by atoms with Crippen LogP contribution in [0.15, 0.2) is 66.9 Å². The van der Waals surface area contributed by atoms with E-state index in [0.717, 1.165) is 36.1 Å². The average Bonchev–Trinajstić information content (AvgIpc) is 2.76. The number of rotatable bonds is 5. The molecule has 2 aromatic carbocycles. The average molecular weight is 389 g/mol. The number of piperazine rings is 1. The molecule has 7 heteroatoms. The second-order valence-electron chi connectivity index (χ2n) is 6.80. The Morgan fingerprint density at radius 2 is 1.62 bits per heavy atom.